The van der Waals surface area contributed by atoms with Gasteiger partial charge in [-0.25, -0.2) is 0 Å². The van der Waals surface area contributed by atoms with E-state index in [1.165, 1.54) is 6.42 Å². The second-order valence-corrected chi connectivity index (χ2v) is 1.60. The van der Waals surface area contributed by atoms with Crippen molar-refractivity contribution in [3.8, 4) is 0 Å². The molecule has 0 saturated carbocycles. The number of hydrogen-bond donors (Lipinski definition) is 0. The zero-order valence-electron chi connectivity index (χ0n) is 4.49. The third-order valence-electron chi connectivity index (χ3n) is 0.644. The highest BCUT2D eigenvalue weighted by molar-refractivity contribution is 4.82. The lowest BCUT2D eigenvalue weighted by Gasteiger charge is -1.86. The van der Waals surface area contributed by atoms with Gasteiger partial charge in [0.05, 0.1) is 0 Å². The van der Waals surface area contributed by atoms with Crippen LogP contribution in [-0.4, -0.2) is 0 Å². The van der Waals surface area contributed by atoms with Gasteiger partial charge in [0.25, 0.3) is 0 Å². The highest BCUT2D eigenvalue weighted by atomic mass is 13.8. The summed E-state index contributed by atoms with van der Waals surface area (Å²) in [4.78, 5) is 0. The molecule has 0 heterocycles. The van der Waals surface area contributed by atoms with E-state index in [0.717, 1.165) is 12.0 Å². The van der Waals surface area contributed by atoms with Crippen LogP contribution in [0.4, 0.5) is 0 Å². The van der Waals surface area contributed by atoms with Crippen molar-refractivity contribution in [2.75, 3.05) is 0 Å². The predicted octanol–water partition coefficient (Wildman–Crippen LogP) is 2.17. The van der Waals surface area contributed by atoms with Crippen LogP contribution in [0.5, 0.6) is 0 Å². The van der Waals surface area contributed by atoms with Crippen molar-refractivity contribution in [3.63, 3.8) is 0 Å². The Labute approximate surface area is 39.9 Å². The van der Waals surface area contributed by atoms with Crippen LogP contribution in [-0.2, 0) is 0 Å². The lowest BCUT2D eigenvalue weighted by molar-refractivity contribution is 0.907. The Morgan fingerprint density at radius 1 is 1.67 bits per heavy atom. The first-order chi connectivity index (χ1) is 2.77. The van der Waals surface area contributed by atoms with Gasteiger partial charge in [0.15, 0.2) is 0 Å². The standard InChI is InChI=1S/C6H11/c1-4-5-6(2)3/h2H,4-5H2,1,3H3. The summed E-state index contributed by atoms with van der Waals surface area (Å²) in [5, 5.41) is 0. The molecular weight excluding hydrogens is 72.1 g/mol. The second kappa shape index (κ2) is 2.95. The van der Waals surface area contributed by atoms with Crippen LogP contribution in [0.1, 0.15) is 26.7 Å². The minimum atomic E-state index is 1.04. The summed E-state index contributed by atoms with van der Waals surface area (Å²) >= 11 is 0. The van der Waals surface area contributed by atoms with Crippen molar-refractivity contribution >= 4 is 0 Å². The summed E-state index contributed by atoms with van der Waals surface area (Å²) in [7, 11) is 0. The molecule has 0 bridgehead atoms. The van der Waals surface area contributed by atoms with Crippen molar-refractivity contribution in [3.05, 3.63) is 12.2 Å². The molecule has 0 rings (SSSR count). The zero-order chi connectivity index (χ0) is 4.99. The van der Waals surface area contributed by atoms with Crippen LogP contribution in [0, 0.1) is 6.58 Å². The van der Waals surface area contributed by atoms with E-state index in [9.17, 15) is 0 Å². The molecule has 0 amide bonds. The van der Waals surface area contributed by atoms with Crippen molar-refractivity contribution < 1.29 is 0 Å². The maximum atomic E-state index is 5.32. The minimum absolute atomic E-state index is 1.04. The average molecular weight is 83.2 g/mol. The maximum Gasteiger partial charge on any atom is -0.0323 e. The van der Waals surface area contributed by atoms with Gasteiger partial charge in [-0.3, -0.25) is 0 Å². The van der Waals surface area contributed by atoms with Gasteiger partial charge < -0.3 is 0 Å². The van der Waals surface area contributed by atoms with Crippen molar-refractivity contribution in [2.45, 2.75) is 26.7 Å². The average Bonchev–Trinajstić information content (AvgIpc) is 1.35. The Morgan fingerprint density at radius 2 is 2.17 bits per heavy atom. The molecule has 0 aliphatic heterocycles. The molecular formula is C6H11. The summed E-state index contributed by atoms with van der Waals surface area (Å²) in [6, 6.07) is 0. The molecule has 0 nitrogen and oxygen atoms in total. The highest BCUT2D eigenvalue weighted by Gasteiger charge is 1.76. The molecule has 0 spiro atoms. The van der Waals surface area contributed by atoms with Crippen molar-refractivity contribution in [1.29, 1.82) is 0 Å². The Kier molecular flexibility index (Phi) is 2.82. The fraction of sp³-hybridized carbons (Fsp3) is 0.667. The topological polar surface area (TPSA) is 0 Å². The van der Waals surface area contributed by atoms with Gasteiger partial charge >= 0.3 is 0 Å². The highest BCUT2D eigenvalue weighted by Crippen LogP contribution is 1.96. The van der Waals surface area contributed by atoms with E-state index in [4.69, 9.17) is 6.58 Å². The van der Waals surface area contributed by atoms with E-state index in [1.807, 2.05) is 6.92 Å². The molecule has 0 fully saturated rings. The third-order valence-corrected chi connectivity index (χ3v) is 0.644. The monoisotopic (exact) mass is 83.1 g/mol. The summed E-state index contributed by atoms with van der Waals surface area (Å²) in [6.45, 7) is 9.39. The van der Waals surface area contributed by atoms with Gasteiger partial charge in [-0.05, 0) is 13.3 Å². The smallest absolute Gasteiger partial charge is 0.0323 e. The lowest BCUT2D eigenvalue weighted by Crippen LogP contribution is -1.67. The van der Waals surface area contributed by atoms with Crippen LogP contribution >= 0.6 is 0 Å². The Balaban J connectivity index is 2.83. The fourth-order valence-corrected chi connectivity index (χ4v) is 0.394. The molecule has 35 valence electrons. The Bertz CT molecular complexity index is 44.0. The summed E-state index contributed by atoms with van der Waals surface area (Å²) in [6.07, 6.45) is 2.24. The van der Waals surface area contributed by atoms with Gasteiger partial charge in [0.2, 0.25) is 0 Å². The van der Waals surface area contributed by atoms with Crippen molar-refractivity contribution in [1.82, 2.24) is 0 Å². The van der Waals surface area contributed by atoms with Crippen LogP contribution in [0.2, 0.25) is 0 Å². The van der Waals surface area contributed by atoms with Gasteiger partial charge in [-0.2, -0.15) is 0 Å². The normalized spacial score (nSPS) is 8.33. The molecule has 0 aromatic carbocycles. The Hall–Kier alpha value is -0.260. The lowest BCUT2D eigenvalue weighted by atomic mass is 10.2. The van der Waals surface area contributed by atoms with Gasteiger partial charge in [-0.1, -0.05) is 25.5 Å². The molecule has 0 aliphatic carbocycles. The molecule has 0 N–H and O–H groups in total. The van der Waals surface area contributed by atoms with Crippen molar-refractivity contribution in [2.24, 2.45) is 0 Å². The summed E-state index contributed by atoms with van der Waals surface area (Å²) in [5.74, 6) is 0. The number of allylic oxidation sites excluding steroid dienone is 1. The molecule has 0 aromatic heterocycles. The quantitative estimate of drug-likeness (QED) is 0.480. The largest absolute Gasteiger partial charge is 0.0733 e. The van der Waals surface area contributed by atoms with Crippen LogP contribution in [0.15, 0.2) is 5.57 Å². The second-order valence-electron chi connectivity index (χ2n) is 1.60. The molecule has 0 saturated heterocycles. The van der Waals surface area contributed by atoms with Crippen LogP contribution < -0.4 is 0 Å². The fourth-order valence-electron chi connectivity index (χ4n) is 0.394. The van der Waals surface area contributed by atoms with Crippen LogP contribution in [0.25, 0.3) is 0 Å². The number of hydrogen-bond acceptors (Lipinski definition) is 0. The minimum Gasteiger partial charge on any atom is -0.0733 e. The SMILES string of the molecule is [CH]=C(C)CCC. The van der Waals surface area contributed by atoms with Gasteiger partial charge in [0.1, 0.15) is 0 Å². The number of rotatable bonds is 2. The summed E-state index contributed by atoms with van der Waals surface area (Å²) in [5.41, 5.74) is 1.04. The molecule has 0 unspecified atom stereocenters. The maximum absolute atomic E-state index is 5.32. The predicted molar refractivity (Wildman–Crippen MR) is 28.4 cm³/mol. The van der Waals surface area contributed by atoms with E-state index in [-0.39, 0.29) is 0 Å². The van der Waals surface area contributed by atoms with Gasteiger partial charge in [-0.15, -0.1) is 0 Å². The summed E-state index contributed by atoms with van der Waals surface area (Å²) < 4.78 is 0. The first-order valence-electron chi connectivity index (χ1n) is 2.35. The first-order valence-corrected chi connectivity index (χ1v) is 2.35. The van der Waals surface area contributed by atoms with E-state index >= 15 is 0 Å². The molecule has 0 heteroatoms. The van der Waals surface area contributed by atoms with E-state index in [1.54, 1.807) is 0 Å². The molecule has 1 radical (unpaired) electrons. The first kappa shape index (κ1) is 5.74. The van der Waals surface area contributed by atoms with E-state index < -0.39 is 0 Å². The third kappa shape index (κ3) is 3.74. The Morgan fingerprint density at radius 3 is 2.17 bits per heavy atom. The van der Waals surface area contributed by atoms with E-state index in [0.29, 0.717) is 0 Å². The molecule has 0 aliphatic rings. The van der Waals surface area contributed by atoms with E-state index in [2.05, 4.69) is 6.92 Å². The molecule has 0 aromatic rings. The zero-order valence-corrected chi connectivity index (χ0v) is 4.49. The van der Waals surface area contributed by atoms with Gasteiger partial charge in [0, 0.05) is 0 Å². The molecule has 6 heavy (non-hydrogen) atoms. The molecule has 0 atom stereocenters. The van der Waals surface area contributed by atoms with Crippen LogP contribution in [0.3, 0.4) is 0 Å².